The van der Waals surface area contributed by atoms with E-state index in [1.54, 1.807) is 0 Å². The molecule has 2 atom stereocenters. The highest BCUT2D eigenvalue weighted by Gasteiger charge is 2.13. The molecule has 0 amide bonds. The predicted molar refractivity (Wildman–Crippen MR) is 69.4 cm³/mol. The van der Waals surface area contributed by atoms with Gasteiger partial charge < -0.3 is 5.32 Å². The Hall–Kier alpha value is -0.340. The van der Waals surface area contributed by atoms with Crippen LogP contribution < -0.4 is 5.32 Å². The predicted octanol–water partition coefficient (Wildman–Crippen LogP) is 4.22. The summed E-state index contributed by atoms with van der Waals surface area (Å²) in [7, 11) is 0. The van der Waals surface area contributed by atoms with Crippen molar-refractivity contribution in [1.82, 2.24) is 5.32 Å². The van der Waals surface area contributed by atoms with Crippen LogP contribution in [0.4, 0.5) is 0 Å². The van der Waals surface area contributed by atoms with E-state index in [1.807, 2.05) is 11.3 Å². The minimum atomic E-state index is 0.541. The summed E-state index contributed by atoms with van der Waals surface area (Å²) in [4.78, 5) is 1.47. The van der Waals surface area contributed by atoms with Crippen LogP contribution in [0.2, 0.25) is 0 Å². The van der Waals surface area contributed by atoms with Gasteiger partial charge in [-0.1, -0.05) is 26.8 Å². The molecule has 0 aliphatic carbocycles. The Kier molecular flexibility index (Phi) is 5.34. The molecule has 2 unspecified atom stereocenters. The topological polar surface area (TPSA) is 12.0 Å². The maximum atomic E-state index is 3.71. The van der Waals surface area contributed by atoms with E-state index in [1.165, 1.54) is 17.7 Å². The first-order valence-electron chi connectivity index (χ1n) is 5.93. The molecule has 86 valence electrons. The summed E-state index contributed by atoms with van der Waals surface area (Å²) in [6.07, 6.45) is 2.42. The van der Waals surface area contributed by atoms with Crippen molar-refractivity contribution in [3.05, 3.63) is 22.4 Å². The monoisotopic (exact) mass is 225 g/mol. The van der Waals surface area contributed by atoms with Crippen LogP contribution in [-0.2, 0) is 0 Å². The summed E-state index contributed by atoms with van der Waals surface area (Å²) < 4.78 is 0. The fourth-order valence-electron chi connectivity index (χ4n) is 2.01. The van der Waals surface area contributed by atoms with Gasteiger partial charge in [0.25, 0.3) is 0 Å². The normalized spacial score (nSPS) is 15.5. The third-order valence-electron chi connectivity index (χ3n) is 2.61. The summed E-state index contributed by atoms with van der Waals surface area (Å²) in [6.45, 7) is 9.10. The van der Waals surface area contributed by atoms with Crippen LogP contribution in [-0.4, -0.2) is 6.04 Å². The van der Waals surface area contributed by atoms with Crippen molar-refractivity contribution in [2.24, 2.45) is 5.92 Å². The maximum absolute atomic E-state index is 3.71. The molecule has 0 fully saturated rings. The number of thiophene rings is 1. The molecule has 0 aliphatic heterocycles. The van der Waals surface area contributed by atoms with Gasteiger partial charge in [-0.25, -0.2) is 0 Å². The van der Waals surface area contributed by atoms with Gasteiger partial charge in [-0.2, -0.15) is 0 Å². The average Bonchev–Trinajstić information content (AvgIpc) is 2.65. The third-order valence-corrected chi connectivity index (χ3v) is 3.59. The molecule has 0 radical (unpaired) electrons. The average molecular weight is 225 g/mol. The zero-order valence-electron chi connectivity index (χ0n) is 10.3. The van der Waals surface area contributed by atoms with Gasteiger partial charge in [0.1, 0.15) is 0 Å². The van der Waals surface area contributed by atoms with Gasteiger partial charge in [0.05, 0.1) is 0 Å². The van der Waals surface area contributed by atoms with Crippen molar-refractivity contribution in [3.63, 3.8) is 0 Å². The Bertz CT molecular complexity index is 254. The number of hydrogen-bond acceptors (Lipinski definition) is 2. The van der Waals surface area contributed by atoms with Crippen molar-refractivity contribution < 1.29 is 0 Å². The smallest absolute Gasteiger partial charge is 0.0414 e. The molecule has 1 heterocycles. The van der Waals surface area contributed by atoms with Crippen LogP contribution in [0.1, 0.15) is 51.5 Å². The first-order chi connectivity index (χ1) is 7.13. The molecule has 0 bridgehead atoms. The molecule has 0 saturated heterocycles. The zero-order valence-corrected chi connectivity index (χ0v) is 11.1. The van der Waals surface area contributed by atoms with Gasteiger partial charge in [-0.3, -0.25) is 0 Å². The lowest BCUT2D eigenvalue weighted by Gasteiger charge is -2.22. The second-order valence-corrected chi connectivity index (χ2v) is 5.65. The molecule has 2 heteroatoms. The molecule has 1 nitrogen and oxygen atoms in total. The lowest BCUT2D eigenvalue weighted by Crippen LogP contribution is -2.30. The Labute approximate surface area is 97.9 Å². The molecule has 0 aliphatic rings. The summed E-state index contributed by atoms with van der Waals surface area (Å²) in [5.41, 5.74) is 0. The molecule has 0 aromatic carbocycles. The van der Waals surface area contributed by atoms with Gasteiger partial charge in [0.2, 0.25) is 0 Å². The fraction of sp³-hybridized carbons (Fsp3) is 0.692. The molecule has 15 heavy (non-hydrogen) atoms. The van der Waals surface area contributed by atoms with E-state index in [9.17, 15) is 0 Å². The highest BCUT2D eigenvalue weighted by molar-refractivity contribution is 7.10. The largest absolute Gasteiger partial charge is 0.307 e. The van der Waals surface area contributed by atoms with Gasteiger partial charge in [-0.15, -0.1) is 11.3 Å². The van der Waals surface area contributed by atoms with Crippen molar-refractivity contribution in [2.75, 3.05) is 0 Å². The zero-order chi connectivity index (χ0) is 11.3. The molecular formula is C13H23NS. The van der Waals surface area contributed by atoms with E-state index < -0.39 is 0 Å². The molecule has 1 aromatic heterocycles. The molecule has 0 saturated carbocycles. The van der Waals surface area contributed by atoms with Crippen LogP contribution in [0, 0.1) is 5.92 Å². The van der Waals surface area contributed by atoms with Gasteiger partial charge in [0, 0.05) is 17.0 Å². The Balaban J connectivity index is 2.47. The molecule has 1 N–H and O–H groups in total. The van der Waals surface area contributed by atoms with Gasteiger partial charge in [0.15, 0.2) is 0 Å². The molecule has 0 spiro atoms. The van der Waals surface area contributed by atoms with E-state index in [4.69, 9.17) is 0 Å². The Morgan fingerprint density at radius 3 is 2.53 bits per heavy atom. The lowest BCUT2D eigenvalue weighted by atomic mass is 10.0. The summed E-state index contributed by atoms with van der Waals surface area (Å²) >= 11 is 1.85. The number of hydrogen-bond donors (Lipinski definition) is 1. The van der Waals surface area contributed by atoms with Crippen LogP contribution in [0.15, 0.2) is 17.5 Å². The highest BCUT2D eigenvalue weighted by Crippen LogP contribution is 2.22. The first-order valence-corrected chi connectivity index (χ1v) is 6.80. The number of nitrogens with one attached hydrogen (secondary N) is 1. The Morgan fingerprint density at radius 1 is 1.33 bits per heavy atom. The van der Waals surface area contributed by atoms with E-state index in [-0.39, 0.29) is 0 Å². The summed E-state index contributed by atoms with van der Waals surface area (Å²) in [6, 6.07) is 5.52. The number of rotatable bonds is 6. The minimum absolute atomic E-state index is 0.541. The molecular weight excluding hydrogens is 202 g/mol. The van der Waals surface area contributed by atoms with E-state index in [0.717, 1.165) is 5.92 Å². The summed E-state index contributed by atoms with van der Waals surface area (Å²) in [5.74, 6) is 0.772. The van der Waals surface area contributed by atoms with Crippen LogP contribution in [0.3, 0.4) is 0 Å². The van der Waals surface area contributed by atoms with Crippen LogP contribution in [0.25, 0.3) is 0 Å². The second kappa shape index (κ2) is 6.29. The van der Waals surface area contributed by atoms with E-state index in [0.29, 0.717) is 12.1 Å². The van der Waals surface area contributed by atoms with Crippen molar-refractivity contribution in [3.8, 4) is 0 Å². The van der Waals surface area contributed by atoms with E-state index >= 15 is 0 Å². The molecule has 1 aromatic rings. The lowest BCUT2D eigenvalue weighted by molar-refractivity contribution is 0.391. The van der Waals surface area contributed by atoms with Crippen LogP contribution in [0.5, 0.6) is 0 Å². The molecule has 1 rings (SSSR count). The van der Waals surface area contributed by atoms with Crippen LogP contribution >= 0.6 is 11.3 Å². The third kappa shape index (κ3) is 4.35. The quantitative estimate of drug-likeness (QED) is 0.764. The van der Waals surface area contributed by atoms with Gasteiger partial charge in [-0.05, 0) is 37.1 Å². The van der Waals surface area contributed by atoms with Crippen molar-refractivity contribution in [2.45, 2.75) is 52.6 Å². The standard InChI is InChI=1S/C13H23NS/c1-5-12(13-7-6-8-15-13)14-11(4)9-10(2)3/h6-8,10-12,14H,5,9H2,1-4H3. The first kappa shape index (κ1) is 12.7. The summed E-state index contributed by atoms with van der Waals surface area (Å²) in [5, 5.41) is 5.87. The SMILES string of the molecule is CCC(NC(C)CC(C)C)c1cccs1. The van der Waals surface area contributed by atoms with Crippen molar-refractivity contribution >= 4 is 11.3 Å². The maximum Gasteiger partial charge on any atom is 0.0414 e. The van der Waals surface area contributed by atoms with Crippen molar-refractivity contribution in [1.29, 1.82) is 0 Å². The highest BCUT2D eigenvalue weighted by atomic mass is 32.1. The minimum Gasteiger partial charge on any atom is -0.307 e. The van der Waals surface area contributed by atoms with E-state index in [2.05, 4.69) is 50.5 Å². The fourth-order valence-corrected chi connectivity index (χ4v) is 2.88. The van der Waals surface area contributed by atoms with Gasteiger partial charge >= 0.3 is 0 Å². The second-order valence-electron chi connectivity index (χ2n) is 4.67. The Morgan fingerprint density at radius 2 is 2.07 bits per heavy atom.